The fourth-order valence-electron chi connectivity index (χ4n) is 3.84. The number of nitro benzene ring substituents is 1. The number of rotatable bonds is 7. The Morgan fingerprint density at radius 1 is 1.13 bits per heavy atom. The average Bonchev–Trinajstić information content (AvgIpc) is 2.99. The molecule has 160 valence electrons. The van der Waals surface area contributed by atoms with E-state index >= 15 is 0 Å². The van der Waals surface area contributed by atoms with Crippen LogP contribution in [0.2, 0.25) is 0 Å². The quantitative estimate of drug-likeness (QED) is 0.541. The largest absolute Gasteiger partial charge is 0.497 e. The Balaban J connectivity index is 1.76. The highest BCUT2D eigenvalue weighted by Crippen LogP contribution is 2.32. The molecule has 1 N–H and O–H groups in total. The lowest BCUT2D eigenvalue weighted by Gasteiger charge is -2.30. The monoisotopic (exact) mass is 413 g/mol. The van der Waals surface area contributed by atoms with Gasteiger partial charge in [-0.25, -0.2) is 0 Å². The van der Waals surface area contributed by atoms with Crippen molar-refractivity contribution in [2.24, 2.45) is 0 Å². The predicted molar refractivity (Wildman–Crippen MR) is 114 cm³/mol. The number of anilines is 1. The number of nitro groups is 1. The fraction of sp³-hybridized carbons (Fsp3) is 0.409. The van der Waals surface area contributed by atoms with Crippen LogP contribution in [-0.2, 0) is 4.79 Å². The summed E-state index contributed by atoms with van der Waals surface area (Å²) in [5, 5.41) is 13.9. The third-order valence-electron chi connectivity index (χ3n) is 5.38. The maximum Gasteiger partial charge on any atom is 0.271 e. The van der Waals surface area contributed by atoms with Crippen LogP contribution in [-0.4, -0.2) is 43.0 Å². The molecule has 1 saturated heterocycles. The Morgan fingerprint density at radius 2 is 1.90 bits per heavy atom. The number of likely N-dealkylation sites (tertiary alicyclic amines) is 1. The molecular weight excluding hydrogens is 386 g/mol. The number of carbonyl (C=O) groups is 1. The molecule has 0 aliphatic carbocycles. The number of hydrogen-bond acceptors (Lipinski definition) is 6. The van der Waals surface area contributed by atoms with Crippen molar-refractivity contribution in [3.8, 4) is 11.5 Å². The van der Waals surface area contributed by atoms with Gasteiger partial charge in [-0.1, -0.05) is 25.0 Å². The molecule has 30 heavy (non-hydrogen) atoms. The van der Waals surface area contributed by atoms with Gasteiger partial charge in [-0.15, -0.1) is 0 Å². The zero-order valence-electron chi connectivity index (χ0n) is 17.3. The lowest BCUT2D eigenvalue weighted by Crippen LogP contribution is -2.36. The second kappa shape index (κ2) is 10.1. The number of ether oxygens (including phenoxy) is 2. The van der Waals surface area contributed by atoms with E-state index in [-0.39, 0.29) is 24.2 Å². The highest BCUT2D eigenvalue weighted by molar-refractivity contribution is 5.94. The number of methoxy groups -OCH3 is 2. The van der Waals surface area contributed by atoms with E-state index in [0.717, 1.165) is 43.5 Å². The molecule has 1 heterocycles. The number of carbonyl (C=O) groups excluding carboxylic acids is 1. The topological polar surface area (TPSA) is 93.9 Å². The molecule has 2 aromatic rings. The van der Waals surface area contributed by atoms with E-state index in [0.29, 0.717) is 11.4 Å². The molecular formula is C22H27N3O5. The standard InChI is InChI=1S/C22H27N3O5/c1-29-18-10-7-16(8-11-18)20-6-4-3-5-13-24(20)15-22(26)23-19-14-17(25(27)28)9-12-21(19)30-2/h7-12,14,20H,3-6,13,15H2,1-2H3,(H,23,26). The highest BCUT2D eigenvalue weighted by atomic mass is 16.6. The number of nitrogens with one attached hydrogen (secondary N) is 1. The number of nitrogens with zero attached hydrogens (tertiary/aromatic N) is 2. The Morgan fingerprint density at radius 3 is 2.57 bits per heavy atom. The summed E-state index contributed by atoms with van der Waals surface area (Å²) < 4.78 is 10.5. The van der Waals surface area contributed by atoms with Crippen molar-refractivity contribution < 1.29 is 19.2 Å². The fourth-order valence-corrected chi connectivity index (χ4v) is 3.84. The minimum atomic E-state index is -0.496. The minimum Gasteiger partial charge on any atom is -0.497 e. The zero-order valence-corrected chi connectivity index (χ0v) is 17.3. The van der Waals surface area contributed by atoms with Gasteiger partial charge in [-0.3, -0.25) is 19.8 Å². The van der Waals surface area contributed by atoms with Crippen LogP contribution in [0.25, 0.3) is 0 Å². The molecule has 0 radical (unpaired) electrons. The Labute approximate surface area is 175 Å². The van der Waals surface area contributed by atoms with Gasteiger partial charge in [0.25, 0.3) is 5.69 Å². The first kappa shape index (κ1) is 21.6. The van der Waals surface area contributed by atoms with E-state index in [9.17, 15) is 14.9 Å². The van der Waals surface area contributed by atoms with Crippen molar-refractivity contribution in [1.29, 1.82) is 0 Å². The van der Waals surface area contributed by atoms with E-state index < -0.39 is 4.92 Å². The summed E-state index contributed by atoms with van der Waals surface area (Å²) in [7, 11) is 3.10. The second-order valence-corrected chi connectivity index (χ2v) is 7.30. The highest BCUT2D eigenvalue weighted by Gasteiger charge is 2.25. The van der Waals surface area contributed by atoms with E-state index in [4.69, 9.17) is 9.47 Å². The van der Waals surface area contributed by atoms with Crippen LogP contribution in [0.3, 0.4) is 0 Å². The van der Waals surface area contributed by atoms with Gasteiger partial charge < -0.3 is 14.8 Å². The minimum absolute atomic E-state index is 0.100. The molecule has 8 heteroatoms. The molecule has 1 amide bonds. The summed E-state index contributed by atoms with van der Waals surface area (Å²) in [4.78, 5) is 25.6. The smallest absolute Gasteiger partial charge is 0.271 e. The normalized spacial score (nSPS) is 17.1. The first-order valence-electron chi connectivity index (χ1n) is 10.0. The molecule has 1 aliphatic heterocycles. The summed E-state index contributed by atoms with van der Waals surface area (Å²) in [6.07, 6.45) is 4.23. The molecule has 0 bridgehead atoms. The lowest BCUT2D eigenvalue weighted by molar-refractivity contribution is -0.384. The number of amides is 1. The van der Waals surface area contributed by atoms with Crippen LogP contribution in [0.4, 0.5) is 11.4 Å². The first-order valence-corrected chi connectivity index (χ1v) is 10.0. The van der Waals surface area contributed by atoms with Crippen LogP contribution in [0.15, 0.2) is 42.5 Å². The van der Waals surface area contributed by atoms with Gasteiger partial charge in [-0.05, 0) is 43.1 Å². The molecule has 1 atom stereocenters. The van der Waals surface area contributed by atoms with Crippen molar-refractivity contribution >= 4 is 17.3 Å². The Bertz CT molecular complexity index is 885. The maximum absolute atomic E-state index is 12.8. The Hall–Kier alpha value is -3.13. The zero-order chi connectivity index (χ0) is 21.5. The van der Waals surface area contributed by atoms with Crippen LogP contribution < -0.4 is 14.8 Å². The molecule has 2 aromatic carbocycles. The van der Waals surface area contributed by atoms with Gasteiger partial charge in [0.05, 0.1) is 31.4 Å². The molecule has 0 spiro atoms. The predicted octanol–water partition coefficient (Wildman–Crippen LogP) is 4.17. The van der Waals surface area contributed by atoms with Crippen LogP contribution in [0.1, 0.15) is 37.3 Å². The van der Waals surface area contributed by atoms with Crippen LogP contribution in [0.5, 0.6) is 11.5 Å². The number of hydrogen-bond donors (Lipinski definition) is 1. The van der Waals surface area contributed by atoms with E-state index in [2.05, 4.69) is 10.2 Å². The SMILES string of the molecule is COc1ccc(C2CCCCCN2CC(=O)Nc2cc([N+](=O)[O-])ccc2OC)cc1. The number of non-ortho nitro benzene ring substituents is 1. The molecule has 1 unspecified atom stereocenters. The number of benzene rings is 2. The summed E-state index contributed by atoms with van der Waals surface area (Å²) in [5.74, 6) is 0.958. The van der Waals surface area contributed by atoms with Gasteiger partial charge in [-0.2, -0.15) is 0 Å². The third-order valence-corrected chi connectivity index (χ3v) is 5.38. The lowest BCUT2D eigenvalue weighted by atomic mass is 10.0. The summed E-state index contributed by atoms with van der Waals surface area (Å²) in [6, 6.07) is 12.3. The third kappa shape index (κ3) is 5.27. The van der Waals surface area contributed by atoms with Crippen molar-refractivity contribution in [2.45, 2.75) is 31.7 Å². The molecule has 1 aliphatic rings. The van der Waals surface area contributed by atoms with Crippen molar-refractivity contribution in [3.63, 3.8) is 0 Å². The molecule has 8 nitrogen and oxygen atoms in total. The van der Waals surface area contributed by atoms with Gasteiger partial charge in [0, 0.05) is 18.2 Å². The second-order valence-electron chi connectivity index (χ2n) is 7.30. The van der Waals surface area contributed by atoms with E-state index in [1.807, 2.05) is 24.3 Å². The Kier molecular flexibility index (Phi) is 7.24. The van der Waals surface area contributed by atoms with Gasteiger partial charge >= 0.3 is 0 Å². The molecule has 0 saturated carbocycles. The molecule has 0 aromatic heterocycles. The van der Waals surface area contributed by atoms with E-state index in [1.54, 1.807) is 7.11 Å². The summed E-state index contributed by atoms with van der Waals surface area (Å²) >= 11 is 0. The average molecular weight is 413 g/mol. The summed E-state index contributed by atoms with van der Waals surface area (Å²) in [5.41, 5.74) is 1.35. The van der Waals surface area contributed by atoms with Crippen LogP contribution >= 0.6 is 0 Å². The van der Waals surface area contributed by atoms with Gasteiger partial charge in [0.1, 0.15) is 11.5 Å². The maximum atomic E-state index is 12.8. The van der Waals surface area contributed by atoms with Crippen molar-refractivity contribution in [2.75, 3.05) is 32.6 Å². The van der Waals surface area contributed by atoms with Gasteiger partial charge in [0.15, 0.2) is 0 Å². The summed E-state index contributed by atoms with van der Waals surface area (Å²) in [6.45, 7) is 1.01. The van der Waals surface area contributed by atoms with Crippen LogP contribution in [0, 0.1) is 10.1 Å². The molecule has 3 rings (SSSR count). The molecule has 1 fully saturated rings. The van der Waals surface area contributed by atoms with Crippen molar-refractivity contribution in [3.05, 3.63) is 58.1 Å². The first-order chi connectivity index (χ1) is 14.5. The van der Waals surface area contributed by atoms with Crippen molar-refractivity contribution in [1.82, 2.24) is 4.90 Å². The van der Waals surface area contributed by atoms with Gasteiger partial charge in [0.2, 0.25) is 5.91 Å². The van der Waals surface area contributed by atoms with E-state index in [1.165, 1.54) is 25.3 Å².